The van der Waals surface area contributed by atoms with Crippen molar-refractivity contribution < 1.29 is 10.0 Å². The Labute approximate surface area is 105 Å². The van der Waals surface area contributed by atoms with E-state index < -0.39 is 10.5 Å². The van der Waals surface area contributed by atoms with Crippen LogP contribution in [0.25, 0.3) is 0 Å². The maximum atomic E-state index is 10.6. The average Bonchev–Trinajstić information content (AvgIpc) is 2.38. The molecule has 0 radical (unpaired) electrons. The van der Waals surface area contributed by atoms with Gasteiger partial charge in [0.05, 0.1) is 16.6 Å². The number of aliphatic hydroxyl groups is 1. The van der Waals surface area contributed by atoms with Crippen molar-refractivity contribution in [3.8, 4) is 0 Å². The number of aromatic nitrogens is 1. The zero-order valence-corrected chi connectivity index (χ0v) is 10.1. The van der Waals surface area contributed by atoms with Crippen LogP contribution in [0.4, 0.5) is 11.5 Å². The first-order valence-corrected chi connectivity index (χ1v) is 6.16. The lowest BCUT2D eigenvalue weighted by Gasteiger charge is -2.32. The fourth-order valence-electron chi connectivity index (χ4n) is 2.27. The van der Waals surface area contributed by atoms with Crippen molar-refractivity contribution in [2.45, 2.75) is 37.7 Å². The summed E-state index contributed by atoms with van der Waals surface area (Å²) in [5.74, 6) is 0.434. The summed E-state index contributed by atoms with van der Waals surface area (Å²) in [5.41, 5.74) is -0.701. The molecule has 0 aliphatic heterocycles. The Morgan fingerprint density at radius 1 is 1.44 bits per heavy atom. The molecule has 0 atom stereocenters. The molecule has 1 fully saturated rings. The Hall–Kier alpha value is -1.69. The van der Waals surface area contributed by atoms with Crippen LogP contribution in [0.1, 0.15) is 32.1 Å². The van der Waals surface area contributed by atoms with Gasteiger partial charge in [0.15, 0.2) is 0 Å². The summed E-state index contributed by atoms with van der Waals surface area (Å²) in [6.45, 7) is 0.390. The molecule has 0 unspecified atom stereocenters. The molecule has 0 saturated heterocycles. The van der Waals surface area contributed by atoms with Crippen LogP contribution in [0.3, 0.4) is 0 Å². The topological polar surface area (TPSA) is 88.3 Å². The van der Waals surface area contributed by atoms with Gasteiger partial charge in [-0.05, 0) is 12.8 Å². The van der Waals surface area contributed by atoms with E-state index in [4.69, 9.17) is 0 Å². The van der Waals surface area contributed by atoms with Crippen molar-refractivity contribution in [2.75, 3.05) is 11.9 Å². The Morgan fingerprint density at radius 3 is 2.83 bits per heavy atom. The lowest BCUT2D eigenvalue weighted by molar-refractivity contribution is -0.384. The van der Waals surface area contributed by atoms with Gasteiger partial charge in [-0.25, -0.2) is 4.98 Å². The fraction of sp³-hybridized carbons (Fsp3) is 0.583. The molecule has 2 N–H and O–H groups in total. The molecule has 1 saturated carbocycles. The van der Waals surface area contributed by atoms with Crippen LogP contribution >= 0.6 is 0 Å². The number of nitro groups is 1. The SMILES string of the molecule is O=[N+]([O-])c1ccnc(NCC2(O)CCCCC2)c1. The first-order valence-electron chi connectivity index (χ1n) is 6.16. The second-order valence-corrected chi connectivity index (χ2v) is 4.79. The summed E-state index contributed by atoms with van der Waals surface area (Å²) in [4.78, 5) is 14.2. The quantitative estimate of drug-likeness (QED) is 0.632. The van der Waals surface area contributed by atoms with Gasteiger partial charge in [0.2, 0.25) is 0 Å². The Bertz CT molecular complexity index is 430. The molecular weight excluding hydrogens is 234 g/mol. The summed E-state index contributed by atoms with van der Waals surface area (Å²) >= 11 is 0. The minimum Gasteiger partial charge on any atom is -0.388 e. The van der Waals surface area contributed by atoms with Crippen LogP contribution in [-0.4, -0.2) is 27.2 Å². The van der Waals surface area contributed by atoms with E-state index in [-0.39, 0.29) is 5.69 Å². The Morgan fingerprint density at radius 2 is 2.17 bits per heavy atom. The van der Waals surface area contributed by atoms with E-state index in [0.717, 1.165) is 32.1 Å². The van der Waals surface area contributed by atoms with Gasteiger partial charge >= 0.3 is 0 Å². The Kier molecular flexibility index (Phi) is 3.76. The molecule has 1 aliphatic carbocycles. The van der Waals surface area contributed by atoms with Gasteiger partial charge in [-0.2, -0.15) is 0 Å². The van der Waals surface area contributed by atoms with E-state index in [1.165, 1.54) is 18.3 Å². The first kappa shape index (κ1) is 12.8. The largest absolute Gasteiger partial charge is 0.388 e. The first-order chi connectivity index (χ1) is 8.59. The number of rotatable bonds is 4. The maximum absolute atomic E-state index is 10.6. The maximum Gasteiger partial charge on any atom is 0.274 e. The molecule has 6 nitrogen and oxygen atoms in total. The molecule has 0 aromatic carbocycles. The zero-order valence-electron chi connectivity index (χ0n) is 10.1. The van der Waals surface area contributed by atoms with Crippen LogP contribution in [0.5, 0.6) is 0 Å². The van der Waals surface area contributed by atoms with Crippen molar-refractivity contribution >= 4 is 11.5 Å². The highest BCUT2D eigenvalue weighted by atomic mass is 16.6. The number of nitrogens with zero attached hydrogens (tertiary/aromatic N) is 2. The summed E-state index contributed by atoms with van der Waals surface area (Å²) in [6, 6.07) is 2.73. The number of hydrogen-bond acceptors (Lipinski definition) is 5. The number of pyridine rings is 1. The third-order valence-electron chi connectivity index (χ3n) is 3.34. The summed E-state index contributed by atoms with van der Waals surface area (Å²) < 4.78 is 0. The van der Waals surface area contributed by atoms with Gasteiger partial charge in [-0.15, -0.1) is 0 Å². The third kappa shape index (κ3) is 3.16. The molecule has 1 aliphatic rings. The minimum absolute atomic E-state index is 0.00290. The molecule has 0 amide bonds. The lowest BCUT2D eigenvalue weighted by atomic mass is 9.85. The molecule has 1 heterocycles. The monoisotopic (exact) mass is 251 g/mol. The van der Waals surface area contributed by atoms with Gasteiger partial charge < -0.3 is 10.4 Å². The molecule has 2 rings (SSSR count). The molecule has 1 aromatic heterocycles. The van der Waals surface area contributed by atoms with Crippen molar-refractivity contribution in [3.63, 3.8) is 0 Å². The third-order valence-corrected chi connectivity index (χ3v) is 3.34. The number of nitrogens with one attached hydrogen (secondary N) is 1. The van der Waals surface area contributed by atoms with Crippen molar-refractivity contribution in [1.29, 1.82) is 0 Å². The van der Waals surface area contributed by atoms with Gasteiger partial charge in [0, 0.05) is 18.8 Å². The van der Waals surface area contributed by atoms with Crippen molar-refractivity contribution in [2.24, 2.45) is 0 Å². The van der Waals surface area contributed by atoms with E-state index in [1.807, 2.05) is 0 Å². The standard InChI is InChI=1S/C12H17N3O3/c16-12(5-2-1-3-6-12)9-14-11-8-10(15(17)18)4-7-13-11/h4,7-8,16H,1-3,5-6,9H2,(H,13,14). The summed E-state index contributed by atoms with van der Waals surface area (Å²) in [5, 5.41) is 23.9. The van der Waals surface area contributed by atoms with E-state index in [9.17, 15) is 15.2 Å². The van der Waals surface area contributed by atoms with Crippen LogP contribution in [-0.2, 0) is 0 Å². The van der Waals surface area contributed by atoms with E-state index in [0.29, 0.717) is 12.4 Å². The van der Waals surface area contributed by atoms with E-state index >= 15 is 0 Å². The predicted molar refractivity (Wildman–Crippen MR) is 67.4 cm³/mol. The summed E-state index contributed by atoms with van der Waals surface area (Å²) in [7, 11) is 0. The smallest absolute Gasteiger partial charge is 0.274 e. The lowest BCUT2D eigenvalue weighted by Crippen LogP contribution is -2.38. The van der Waals surface area contributed by atoms with Crippen LogP contribution in [0.15, 0.2) is 18.3 Å². The van der Waals surface area contributed by atoms with Gasteiger partial charge in [-0.1, -0.05) is 19.3 Å². The zero-order chi connectivity index (χ0) is 13.0. The van der Waals surface area contributed by atoms with E-state index in [2.05, 4.69) is 10.3 Å². The van der Waals surface area contributed by atoms with E-state index in [1.54, 1.807) is 0 Å². The normalized spacial score (nSPS) is 18.3. The van der Waals surface area contributed by atoms with Crippen molar-refractivity contribution in [1.82, 2.24) is 4.98 Å². The van der Waals surface area contributed by atoms with Crippen LogP contribution in [0, 0.1) is 10.1 Å². The van der Waals surface area contributed by atoms with Gasteiger partial charge in [0.25, 0.3) is 5.69 Å². The van der Waals surface area contributed by atoms with Gasteiger partial charge in [-0.3, -0.25) is 10.1 Å². The number of hydrogen-bond donors (Lipinski definition) is 2. The highest BCUT2D eigenvalue weighted by Gasteiger charge is 2.28. The Balaban J connectivity index is 1.97. The van der Waals surface area contributed by atoms with Crippen LogP contribution < -0.4 is 5.32 Å². The highest BCUT2D eigenvalue weighted by Crippen LogP contribution is 2.28. The molecule has 18 heavy (non-hydrogen) atoms. The minimum atomic E-state index is -0.704. The van der Waals surface area contributed by atoms with Crippen LogP contribution in [0.2, 0.25) is 0 Å². The highest BCUT2D eigenvalue weighted by molar-refractivity contribution is 5.44. The molecule has 0 spiro atoms. The molecular formula is C12H17N3O3. The predicted octanol–water partition coefficient (Wildman–Crippen LogP) is 2.10. The molecule has 6 heteroatoms. The fourth-order valence-corrected chi connectivity index (χ4v) is 2.27. The molecule has 98 valence electrons. The van der Waals surface area contributed by atoms with Gasteiger partial charge in [0.1, 0.15) is 5.82 Å². The average molecular weight is 251 g/mol. The molecule has 0 bridgehead atoms. The molecule has 1 aromatic rings. The second kappa shape index (κ2) is 5.30. The van der Waals surface area contributed by atoms with Crippen molar-refractivity contribution in [3.05, 3.63) is 28.4 Å². The second-order valence-electron chi connectivity index (χ2n) is 4.79. The summed E-state index contributed by atoms with van der Waals surface area (Å²) in [6.07, 6.45) is 6.16. The number of anilines is 1.